The lowest BCUT2D eigenvalue weighted by Crippen LogP contribution is -2.50. The van der Waals surface area contributed by atoms with Gasteiger partial charge in [0.25, 0.3) is 0 Å². The number of esters is 1. The van der Waals surface area contributed by atoms with E-state index in [1.807, 2.05) is 50.7 Å². The van der Waals surface area contributed by atoms with Crippen molar-refractivity contribution in [3.63, 3.8) is 0 Å². The Morgan fingerprint density at radius 1 is 0.951 bits per heavy atom. The van der Waals surface area contributed by atoms with Gasteiger partial charge in [-0.3, -0.25) is 0 Å². The molecule has 0 bridgehead atoms. The first-order chi connectivity index (χ1) is 29.3. The van der Waals surface area contributed by atoms with Crippen LogP contribution in [0.1, 0.15) is 99.0 Å². The number of nitrogens with zero attached hydrogens (tertiary/aromatic N) is 6. The van der Waals surface area contributed by atoms with E-state index < -0.39 is 11.6 Å². The fourth-order valence-electron chi connectivity index (χ4n) is 8.06. The van der Waals surface area contributed by atoms with Crippen LogP contribution >= 0.6 is 0 Å². The van der Waals surface area contributed by atoms with Crippen molar-refractivity contribution in [1.82, 2.24) is 24.6 Å². The van der Waals surface area contributed by atoms with E-state index in [0.29, 0.717) is 72.1 Å². The van der Waals surface area contributed by atoms with Crippen molar-refractivity contribution in [1.29, 1.82) is 0 Å². The molecule has 61 heavy (non-hydrogen) atoms. The summed E-state index contributed by atoms with van der Waals surface area (Å²) in [5.41, 5.74) is 4.60. The Labute approximate surface area is 355 Å². The highest BCUT2D eigenvalue weighted by atomic mass is 19.1. The first kappa shape index (κ1) is 42.2. The molecular formula is C46H55FN6O8. The van der Waals surface area contributed by atoms with Crippen LogP contribution in [-0.4, -0.2) is 102 Å². The highest BCUT2D eigenvalue weighted by Crippen LogP contribution is 2.53. The van der Waals surface area contributed by atoms with Gasteiger partial charge >= 0.3 is 18.1 Å². The molecule has 1 saturated carbocycles. The number of fused-ring (bicyclic) bond motifs is 2. The molecule has 4 heterocycles. The molecule has 3 aromatic carbocycles. The maximum atomic E-state index is 16.5. The average molecular weight is 839 g/mol. The second-order valence-electron chi connectivity index (χ2n) is 17.2. The standard InChI is InChI=1S/C46H55FN6O8/c1-27(56-6)25-60-44-49-40-33(42(50-44)51-17-19-52(20-18-51)45(55)61-46(3,4)5)22-32(30-15-16-30)39(41(40)59-26-29-11-13-31(14-12-29)43(54)57-7)38-28(2)35(47)23-36-34(38)24-48-53(36)37-10-8-9-21-58-37/h11-14,22-24,27,30,37H,8-10,15-21,25-26H2,1-7H3/t27-,37?/m0/s1. The summed E-state index contributed by atoms with van der Waals surface area (Å²) in [6.45, 7) is 12.0. The van der Waals surface area contributed by atoms with E-state index in [0.717, 1.165) is 59.6 Å². The molecule has 2 aromatic heterocycles. The largest absolute Gasteiger partial charge is 0.486 e. The van der Waals surface area contributed by atoms with E-state index in [1.165, 1.54) is 7.11 Å². The molecule has 5 aromatic rings. The number of carbonyl (C=O) groups is 2. The molecular weight excluding hydrogens is 784 g/mol. The highest BCUT2D eigenvalue weighted by Gasteiger charge is 2.35. The number of hydrogen-bond donors (Lipinski definition) is 0. The zero-order valence-corrected chi connectivity index (χ0v) is 36.1. The van der Waals surface area contributed by atoms with Crippen LogP contribution in [0.25, 0.3) is 32.9 Å². The van der Waals surface area contributed by atoms with Gasteiger partial charge in [0.1, 0.15) is 36.0 Å². The lowest BCUT2D eigenvalue weighted by atomic mass is 9.88. The normalized spacial score (nSPS) is 17.7. The van der Waals surface area contributed by atoms with Gasteiger partial charge in [0.05, 0.1) is 30.5 Å². The van der Waals surface area contributed by atoms with Crippen molar-refractivity contribution in [2.75, 3.05) is 58.5 Å². The minimum atomic E-state index is -0.618. The Bertz CT molecular complexity index is 2410. The molecule has 2 atom stereocenters. The summed E-state index contributed by atoms with van der Waals surface area (Å²) in [6, 6.07) is 10.9. The van der Waals surface area contributed by atoms with E-state index in [2.05, 4.69) is 11.0 Å². The molecule has 3 fully saturated rings. The maximum absolute atomic E-state index is 16.5. The van der Waals surface area contributed by atoms with Crippen LogP contribution in [0.5, 0.6) is 11.8 Å². The summed E-state index contributed by atoms with van der Waals surface area (Å²) in [5, 5.41) is 6.34. The molecule has 2 saturated heterocycles. The van der Waals surface area contributed by atoms with Crippen molar-refractivity contribution in [3.05, 3.63) is 70.7 Å². The van der Waals surface area contributed by atoms with E-state index >= 15 is 4.39 Å². The summed E-state index contributed by atoms with van der Waals surface area (Å²) in [7, 11) is 2.96. The van der Waals surface area contributed by atoms with E-state index in [-0.39, 0.29) is 49.4 Å². The lowest BCUT2D eigenvalue weighted by molar-refractivity contribution is -0.0367. The molecule has 324 valence electrons. The van der Waals surface area contributed by atoms with Crippen molar-refractivity contribution in [2.45, 2.75) is 97.2 Å². The van der Waals surface area contributed by atoms with Gasteiger partial charge in [-0.2, -0.15) is 15.1 Å². The summed E-state index contributed by atoms with van der Waals surface area (Å²) < 4.78 is 53.8. The predicted octanol–water partition coefficient (Wildman–Crippen LogP) is 8.51. The third-order valence-electron chi connectivity index (χ3n) is 11.6. The van der Waals surface area contributed by atoms with Gasteiger partial charge in [-0.1, -0.05) is 12.1 Å². The number of piperazine rings is 1. The van der Waals surface area contributed by atoms with Crippen molar-refractivity contribution in [2.24, 2.45) is 0 Å². The molecule has 2 aliphatic heterocycles. The fourth-order valence-corrected chi connectivity index (χ4v) is 8.06. The third-order valence-corrected chi connectivity index (χ3v) is 11.6. The van der Waals surface area contributed by atoms with E-state index in [4.69, 9.17) is 43.5 Å². The van der Waals surface area contributed by atoms with Crippen LogP contribution in [0.3, 0.4) is 0 Å². The zero-order chi connectivity index (χ0) is 43.0. The number of benzene rings is 3. The number of halogens is 1. The average Bonchev–Trinajstić information content (AvgIpc) is 4.03. The van der Waals surface area contributed by atoms with Crippen molar-refractivity contribution < 1.29 is 42.4 Å². The van der Waals surface area contributed by atoms with Gasteiger partial charge in [-0.25, -0.2) is 18.7 Å². The number of aromatic nitrogens is 4. The van der Waals surface area contributed by atoms with Gasteiger partial charge in [0.15, 0.2) is 12.0 Å². The third kappa shape index (κ3) is 8.94. The summed E-state index contributed by atoms with van der Waals surface area (Å²) in [6.07, 6.45) is 5.54. The van der Waals surface area contributed by atoms with Crippen LogP contribution in [0.2, 0.25) is 0 Å². The Hall–Kier alpha value is -5.54. The number of ether oxygens (including phenoxy) is 6. The molecule has 0 radical (unpaired) electrons. The quantitative estimate of drug-likeness (QED) is 0.111. The predicted molar refractivity (Wildman–Crippen MR) is 228 cm³/mol. The minimum absolute atomic E-state index is 0.106. The first-order valence-corrected chi connectivity index (χ1v) is 21.2. The van der Waals surface area contributed by atoms with Gasteiger partial charge in [-0.05, 0) is 108 Å². The Morgan fingerprint density at radius 3 is 2.36 bits per heavy atom. The number of carbonyl (C=O) groups excluding carboxylic acids is 2. The molecule has 1 amide bonds. The molecule has 15 heteroatoms. The molecule has 1 aliphatic carbocycles. The second kappa shape index (κ2) is 17.4. The van der Waals surface area contributed by atoms with Crippen molar-refractivity contribution in [3.8, 4) is 22.9 Å². The number of anilines is 1. The molecule has 0 N–H and O–H groups in total. The SMILES string of the molecule is COC(=O)c1ccc(COc2c(-c3c(C)c(F)cc4c3cnn4C3CCCCO3)c(C3CC3)cc3c(N4CCN(C(=O)OC(C)(C)C)CC4)nc(OC[C@H](C)OC)nc23)cc1. The Kier molecular flexibility index (Phi) is 12.1. The van der Waals surface area contributed by atoms with Gasteiger partial charge in [-0.15, -0.1) is 0 Å². The number of rotatable bonds is 12. The topological polar surface area (TPSA) is 140 Å². The number of hydrogen-bond acceptors (Lipinski definition) is 12. The monoisotopic (exact) mass is 838 g/mol. The Morgan fingerprint density at radius 2 is 1.70 bits per heavy atom. The van der Waals surface area contributed by atoms with Gasteiger partial charge < -0.3 is 38.2 Å². The molecule has 0 spiro atoms. The number of amides is 1. The number of methoxy groups -OCH3 is 2. The lowest BCUT2D eigenvalue weighted by Gasteiger charge is -2.36. The molecule has 3 aliphatic rings. The highest BCUT2D eigenvalue weighted by molar-refractivity contribution is 6.06. The second-order valence-corrected chi connectivity index (χ2v) is 17.2. The minimum Gasteiger partial charge on any atom is -0.486 e. The molecule has 8 rings (SSSR count). The van der Waals surface area contributed by atoms with E-state index in [9.17, 15) is 9.59 Å². The van der Waals surface area contributed by atoms with Crippen LogP contribution in [0.4, 0.5) is 15.0 Å². The van der Waals surface area contributed by atoms with Gasteiger partial charge in [0, 0.05) is 67.9 Å². The molecule has 14 nitrogen and oxygen atoms in total. The summed E-state index contributed by atoms with van der Waals surface area (Å²) in [5.74, 6) is 0.460. The van der Waals surface area contributed by atoms with Gasteiger partial charge in [0.2, 0.25) is 0 Å². The smallest absolute Gasteiger partial charge is 0.410 e. The van der Waals surface area contributed by atoms with E-state index in [1.54, 1.807) is 37.1 Å². The van der Waals surface area contributed by atoms with Crippen LogP contribution in [-0.2, 0) is 25.6 Å². The fraction of sp³-hybridized carbons (Fsp3) is 0.500. The van der Waals surface area contributed by atoms with Crippen LogP contribution < -0.4 is 14.4 Å². The summed E-state index contributed by atoms with van der Waals surface area (Å²) >= 11 is 0. The summed E-state index contributed by atoms with van der Waals surface area (Å²) in [4.78, 5) is 39.3. The van der Waals surface area contributed by atoms with Crippen LogP contribution in [0, 0.1) is 12.7 Å². The van der Waals surface area contributed by atoms with Crippen LogP contribution in [0.15, 0.2) is 42.6 Å². The first-order valence-electron chi connectivity index (χ1n) is 21.2. The maximum Gasteiger partial charge on any atom is 0.410 e. The Balaban J connectivity index is 1.32. The molecule has 1 unspecified atom stereocenters. The van der Waals surface area contributed by atoms with Crippen molar-refractivity contribution >= 4 is 39.7 Å². The zero-order valence-electron chi connectivity index (χ0n) is 36.1.